The van der Waals surface area contributed by atoms with E-state index < -0.39 is 6.10 Å². The van der Waals surface area contributed by atoms with E-state index in [0.29, 0.717) is 18.8 Å². The molecule has 0 aliphatic rings. The normalized spacial score (nSPS) is 15.3. The number of methoxy groups -OCH3 is 1. The second-order valence-corrected chi connectivity index (χ2v) is 3.53. The zero-order valence-corrected chi connectivity index (χ0v) is 9.34. The van der Waals surface area contributed by atoms with E-state index in [1.165, 1.54) is 0 Å². The molecule has 0 bridgehead atoms. The van der Waals surface area contributed by atoms with Gasteiger partial charge in [0.25, 0.3) is 0 Å². The first-order valence-electron chi connectivity index (χ1n) is 4.93. The van der Waals surface area contributed by atoms with Crippen LogP contribution in [0.25, 0.3) is 0 Å². The second kappa shape index (κ2) is 5.20. The fourth-order valence-electron chi connectivity index (χ4n) is 1.44. The van der Waals surface area contributed by atoms with Gasteiger partial charge in [0.2, 0.25) is 0 Å². The SMILES string of the molecule is COC(C)c1c(CN)nnn1CC(C)O. The number of aliphatic hydroxyl groups excluding tert-OH is 1. The molecule has 0 radical (unpaired) electrons. The van der Waals surface area contributed by atoms with Crippen LogP contribution in [0.2, 0.25) is 0 Å². The number of aromatic nitrogens is 3. The van der Waals surface area contributed by atoms with Gasteiger partial charge in [-0.05, 0) is 13.8 Å². The summed E-state index contributed by atoms with van der Waals surface area (Å²) in [6.45, 7) is 4.32. The summed E-state index contributed by atoms with van der Waals surface area (Å²) >= 11 is 0. The van der Waals surface area contributed by atoms with Gasteiger partial charge in [0.05, 0.1) is 24.4 Å². The number of hydrogen-bond donors (Lipinski definition) is 2. The third-order valence-corrected chi connectivity index (χ3v) is 2.22. The monoisotopic (exact) mass is 214 g/mol. The Bertz CT molecular complexity index is 311. The quantitative estimate of drug-likeness (QED) is 0.710. The van der Waals surface area contributed by atoms with E-state index in [-0.39, 0.29) is 6.10 Å². The van der Waals surface area contributed by atoms with Gasteiger partial charge in [-0.15, -0.1) is 5.10 Å². The Morgan fingerprint density at radius 3 is 2.67 bits per heavy atom. The van der Waals surface area contributed by atoms with Crippen molar-refractivity contribution >= 4 is 0 Å². The Morgan fingerprint density at radius 1 is 1.53 bits per heavy atom. The van der Waals surface area contributed by atoms with E-state index in [0.717, 1.165) is 5.69 Å². The third kappa shape index (κ3) is 2.74. The summed E-state index contributed by atoms with van der Waals surface area (Å²) in [6, 6.07) is 0. The van der Waals surface area contributed by atoms with Crippen molar-refractivity contribution in [3.05, 3.63) is 11.4 Å². The van der Waals surface area contributed by atoms with Crippen molar-refractivity contribution in [3.8, 4) is 0 Å². The van der Waals surface area contributed by atoms with Crippen LogP contribution in [-0.2, 0) is 17.8 Å². The van der Waals surface area contributed by atoms with Crippen LogP contribution >= 0.6 is 0 Å². The second-order valence-electron chi connectivity index (χ2n) is 3.53. The summed E-state index contributed by atoms with van der Waals surface area (Å²) in [5, 5.41) is 17.2. The van der Waals surface area contributed by atoms with Crippen LogP contribution in [-0.4, -0.2) is 33.3 Å². The molecule has 0 spiro atoms. The zero-order chi connectivity index (χ0) is 11.4. The molecule has 15 heavy (non-hydrogen) atoms. The maximum atomic E-state index is 9.31. The maximum absolute atomic E-state index is 9.31. The van der Waals surface area contributed by atoms with Crippen molar-refractivity contribution in [2.24, 2.45) is 5.73 Å². The van der Waals surface area contributed by atoms with Gasteiger partial charge in [-0.2, -0.15) is 0 Å². The van der Waals surface area contributed by atoms with Crippen LogP contribution in [0.4, 0.5) is 0 Å². The Kier molecular flexibility index (Phi) is 4.19. The minimum absolute atomic E-state index is 0.128. The minimum atomic E-state index is -0.472. The first kappa shape index (κ1) is 12.1. The summed E-state index contributed by atoms with van der Waals surface area (Å²) < 4.78 is 6.86. The molecule has 0 saturated heterocycles. The van der Waals surface area contributed by atoms with Crippen molar-refractivity contribution in [2.45, 2.75) is 39.1 Å². The molecule has 6 nitrogen and oxygen atoms in total. The Balaban J connectivity index is 3.00. The molecular formula is C9H18N4O2. The molecule has 1 heterocycles. The summed E-state index contributed by atoms with van der Waals surface area (Å²) in [5.74, 6) is 0. The Labute approximate surface area is 89.0 Å². The average Bonchev–Trinajstić information content (AvgIpc) is 2.58. The van der Waals surface area contributed by atoms with Gasteiger partial charge < -0.3 is 15.6 Å². The molecule has 1 aromatic heterocycles. The zero-order valence-electron chi connectivity index (χ0n) is 9.34. The molecule has 2 unspecified atom stereocenters. The highest BCUT2D eigenvalue weighted by molar-refractivity contribution is 5.12. The predicted octanol–water partition coefficient (Wildman–Crippen LogP) is -0.175. The lowest BCUT2D eigenvalue weighted by Crippen LogP contribution is -2.18. The molecule has 0 aromatic carbocycles. The van der Waals surface area contributed by atoms with Crippen molar-refractivity contribution in [3.63, 3.8) is 0 Å². The van der Waals surface area contributed by atoms with Gasteiger partial charge in [-0.3, -0.25) is 0 Å². The lowest BCUT2D eigenvalue weighted by molar-refractivity contribution is 0.104. The van der Waals surface area contributed by atoms with E-state index >= 15 is 0 Å². The van der Waals surface area contributed by atoms with E-state index in [2.05, 4.69) is 10.3 Å². The molecule has 1 rings (SSSR count). The Morgan fingerprint density at radius 2 is 2.20 bits per heavy atom. The summed E-state index contributed by atoms with van der Waals surface area (Å²) in [6.07, 6.45) is -0.600. The molecule has 1 aromatic rings. The topological polar surface area (TPSA) is 86.2 Å². The van der Waals surface area contributed by atoms with Crippen LogP contribution in [0.5, 0.6) is 0 Å². The molecule has 0 fully saturated rings. The van der Waals surface area contributed by atoms with Crippen LogP contribution in [0.15, 0.2) is 0 Å². The van der Waals surface area contributed by atoms with Crippen LogP contribution in [0.3, 0.4) is 0 Å². The number of hydrogen-bond acceptors (Lipinski definition) is 5. The van der Waals surface area contributed by atoms with Crippen molar-refractivity contribution in [1.82, 2.24) is 15.0 Å². The molecule has 0 aliphatic heterocycles. The van der Waals surface area contributed by atoms with Gasteiger partial charge in [-0.1, -0.05) is 5.21 Å². The first-order chi connectivity index (χ1) is 7.10. The number of rotatable bonds is 5. The number of nitrogens with two attached hydrogens (primary N) is 1. The van der Waals surface area contributed by atoms with Gasteiger partial charge in [0, 0.05) is 13.7 Å². The number of aliphatic hydroxyl groups is 1. The standard InChI is InChI=1S/C9H18N4O2/c1-6(14)5-13-9(7(2)15-3)8(4-10)11-12-13/h6-7,14H,4-5,10H2,1-3H3. The van der Waals surface area contributed by atoms with Crippen LogP contribution in [0, 0.1) is 0 Å². The van der Waals surface area contributed by atoms with Gasteiger partial charge in [0.1, 0.15) is 5.69 Å². The largest absolute Gasteiger partial charge is 0.391 e. The average molecular weight is 214 g/mol. The highest BCUT2D eigenvalue weighted by Crippen LogP contribution is 2.18. The molecule has 86 valence electrons. The van der Waals surface area contributed by atoms with E-state index in [1.54, 1.807) is 18.7 Å². The minimum Gasteiger partial charge on any atom is -0.391 e. The van der Waals surface area contributed by atoms with Crippen molar-refractivity contribution in [1.29, 1.82) is 0 Å². The lowest BCUT2D eigenvalue weighted by atomic mass is 10.2. The molecule has 0 amide bonds. The fraction of sp³-hybridized carbons (Fsp3) is 0.778. The summed E-state index contributed by atoms with van der Waals surface area (Å²) in [7, 11) is 1.62. The molecule has 0 aliphatic carbocycles. The first-order valence-corrected chi connectivity index (χ1v) is 4.93. The smallest absolute Gasteiger partial charge is 0.102 e. The van der Waals surface area contributed by atoms with Crippen LogP contribution < -0.4 is 5.73 Å². The van der Waals surface area contributed by atoms with Gasteiger partial charge >= 0.3 is 0 Å². The highest BCUT2D eigenvalue weighted by atomic mass is 16.5. The number of ether oxygens (including phenoxy) is 1. The molecular weight excluding hydrogens is 196 g/mol. The molecule has 6 heteroatoms. The van der Waals surface area contributed by atoms with E-state index in [4.69, 9.17) is 10.5 Å². The van der Waals surface area contributed by atoms with E-state index in [1.807, 2.05) is 6.92 Å². The number of nitrogens with zero attached hydrogens (tertiary/aromatic N) is 3. The van der Waals surface area contributed by atoms with Crippen molar-refractivity contribution in [2.75, 3.05) is 7.11 Å². The van der Waals surface area contributed by atoms with Crippen LogP contribution in [0.1, 0.15) is 31.3 Å². The Hall–Kier alpha value is -0.980. The van der Waals surface area contributed by atoms with Crippen molar-refractivity contribution < 1.29 is 9.84 Å². The summed E-state index contributed by atoms with van der Waals surface area (Å²) in [4.78, 5) is 0. The van der Waals surface area contributed by atoms with Gasteiger partial charge in [0.15, 0.2) is 0 Å². The maximum Gasteiger partial charge on any atom is 0.102 e. The third-order valence-electron chi connectivity index (χ3n) is 2.22. The molecule has 2 atom stereocenters. The van der Waals surface area contributed by atoms with E-state index in [9.17, 15) is 5.11 Å². The fourth-order valence-corrected chi connectivity index (χ4v) is 1.44. The lowest BCUT2D eigenvalue weighted by Gasteiger charge is -2.14. The highest BCUT2D eigenvalue weighted by Gasteiger charge is 2.18. The molecule has 3 N–H and O–H groups in total. The summed E-state index contributed by atoms with van der Waals surface area (Å²) in [5.41, 5.74) is 7.10. The predicted molar refractivity (Wildman–Crippen MR) is 55.0 cm³/mol. The molecule has 0 saturated carbocycles. The van der Waals surface area contributed by atoms with Gasteiger partial charge in [-0.25, -0.2) is 4.68 Å².